The molecule has 3 nitrogen and oxygen atoms in total. The first-order valence-corrected chi connectivity index (χ1v) is 7.18. The highest BCUT2D eigenvalue weighted by atomic mass is 32.1. The van der Waals surface area contributed by atoms with E-state index in [0.717, 1.165) is 29.5 Å². The summed E-state index contributed by atoms with van der Waals surface area (Å²) in [6.45, 7) is -0.425. The SMILES string of the molecule is O=c1c2c3c(sc2ncn1CCF)CCCCC3. The first kappa shape index (κ1) is 11.8. The maximum absolute atomic E-state index is 12.4. The number of fused-ring (bicyclic) bond motifs is 3. The second kappa shape index (κ2) is 4.80. The van der Waals surface area contributed by atoms with Crippen LogP contribution in [0.15, 0.2) is 11.1 Å². The number of hydrogen-bond donors (Lipinski definition) is 0. The maximum Gasteiger partial charge on any atom is 0.262 e. The highest BCUT2D eigenvalue weighted by Crippen LogP contribution is 2.32. The molecule has 3 rings (SSSR count). The Hall–Kier alpha value is -1.23. The molecule has 0 atom stereocenters. The van der Waals surface area contributed by atoms with Crippen LogP contribution in [0.3, 0.4) is 0 Å². The molecule has 0 N–H and O–H groups in total. The summed E-state index contributed by atoms with van der Waals surface area (Å²) in [5.41, 5.74) is 1.11. The Labute approximate surface area is 108 Å². The quantitative estimate of drug-likeness (QED) is 0.783. The number of halogens is 1. The zero-order valence-corrected chi connectivity index (χ0v) is 10.9. The Balaban J connectivity index is 2.23. The van der Waals surface area contributed by atoms with Gasteiger partial charge >= 0.3 is 0 Å². The molecule has 96 valence electrons. The van der Waals surface area contributed by atoms with Crippen LogP contribution in [-0.4, -0.2) is 16.2 Å². The van der Waals surface area contributed by atoms with E-state index in [1.165, 1.54) is 34.2 Å². The number of nitrogens with zero attached hydrogens (tertiary/aromatic N) is 2. The Morgan fingerprint density at radius 3 is 3.00 bits per heavy atom. The molecule has 0 saturated carbocycles. The molecule has 2 heterocycles. The molecule has 1 aliphatic carbocycles. The summed E-state index contributed by atoms with van der Waals surface area (Å²) in [4.78, 5) is 18.8. The number of aromatic nitrogens is 2. The van der Waals surface area contributed by atoms with E-state index in [0.29, 0.717) is 0 Å². The van der Waals surface area contributed by atoms with Crippen molar-refractivity contribution in [2.75, 3.05) is 6.67 Å². The molecule has 0 fully saturated rings. The third-order valence-electron chi connectivity index (χ3n) is 3.52. The number of thiophene rings is 1. The first-order valence-electron chi connectivity index (χ1n) is 6.37. The molecular formula is C13H15FN2OS. The van der Waals surface area contributed by atoms with Crippen molar-refractivity contribution in [2.24, 2.45) is 0 Å². The molecule has 0 aliphatic heterocycles. The smallest absolute Gasteiger partial charge is 0.262 e. The van der Waals surface area contributed by atoms with E-state index in [2.05, 4.69) is 4.98 Å². The maximum atomic E-state index is 12.4. The molecule has 2 aromatic rings. The molecule has 18 heavy (non-hydrogen) atoms. The van der Waals surface area contributed by atoms with Crippen molar-refractivity contribution < 1.29 is 4.39 Å². The zero-order valence-electron chi connectivity index (χ0n) is 10.1. The molecule has 0 bridgehead atoms. The van der Waals surface area contributed by atoms with Gasteiger partial charge in [0.1, 0.15) is 11.5 Å². The van der Waals surface area contributed by atoms with E-state index >= 15 is 0 Å². The Morgan fingerprint density at radius 2 is 2.17 bits per heavy atom. The molecular weight excluding hydrogens is 251 g/mol. The fourth-order valence-corrected chi connectivity index (χ4v) is 3.83. The van der Waals surface area contributed by atoms with Crippen LogP contribution in [0.5, 0.6) is 0 Å². The minimum Gasteiger partial charge on any atom is -0.296 e. The van der Waals surface area contributed by atoms with Crippen molar-refractivity contribution in [3.63, 3.8) is 0 Å². The predicted octanol–water partition coefficient (Wildman–Crippen LogP) is 2.70. The molecule has 5 heteroatoms. The Morgan fingerprint density at radius 1 is 1.33 bits per heavy atom. The molecule has 2 aromatic heterocycles. The van der Waals surface area contributed by atoms with Crippen LogP contribution < -0.4 is 5.56 Å². The third-order valence-corrected chi connectivity index (χ3v) is 4.72. The van der Waals surface area contributed by atoms with Crippen LogP contribution in [0.4, 0.5) is 4.39 Å². The average Bonchev–Trinajstić information content (AvgIpc) is 2.56. The van der Waals surface area contributed by atoms with Crippen LogP contribution in [0.1, 0.15) is 29.7 Å². The van der Waals surface area contributed by atoms with Gasteiger partial charge in [-0.05, 0) is 31.2 Å². The van der Waals surface area contributed by atoms with Gasteiger partial charge in [-0.1, -0.05) is 6.42 Å². The summed E-state index contributed by atoms with van der Waals surface area (Å²) in [5.74, 6) is 0. The topological polar surface area (TPSA) is 34.9 Å². The number of rotatable bonds is 2. The summed E-state index contributed by atoms with van der Waals surface area (Å²) in [5, 5.41) is 0.743. The summed E-state index contributed by atoms with van der Waals surface area (Å²) in [7, 11) is 0. The minimum atomic E-state index is -0.528. The van der Waals surface area contributed by atoms with E-state index in [1.807, 2.05) is 0 Å². The van der Waals surface area contributed by atoms with Crippen molar-refractivity contribution >= 4 is 21.6 Å². The Bertz CT molecular complexity index is 632. The zero-order chi connectivity index (χ0) is 12.5. The van der Waals surface area contributed by atoms with Gasteiger partial charge in [-0.2, -0.15) is 0 Å². The molecule has 0 aromatic carbocycles. The van der Waals surface area contributed by atoms with Gasteiger partial charge in [-0.3, -0.25) is 9.36 Å². The normalized spacial score (nSPS) is 15.6. The molecule has 0 unspecified atom stereocenters. The van der Waals surface area contributed by atoms with Crippen LogP contribution in [0, 0.1) is 0 Å². The molecule has 0 saturated heterocycles. The van der Waals surface area contributed by atoms with Crippen LogP contribution >= 0.6 is 11.3 Å². The van der Waals surface area contributed by atoms with Gasteiger partial charge in [-0.15, -0.1) is 11.3 Å². The fraction of sp³-hybridized carbons (Fsp3) is 0.538. The lowest BCUT2D eigenvalue weighted by atomic mass is 10.1. The van der Waals surface area contributed by atoms with Gasteiger partial charge in [-0.25, -0.2) is 9.37 Å². The van der Waals surface area contributed by atoms with Gasteiger partial charge < -0.3 is 0 Å². The van der Waals surface area contributed by atoms with Gasteiger partial charge in [0.05, 0.1) is 18.3 Å². The van der Waals surface area contributed by atoms with E-state index < -0.39 is 6.67 Å². The highest BCUT2D eigenvalue weighted by molar-refractivity contribution is 7.18. The van der Waals surface area contributed by atoms with Crippen LogP contribution in [0.25, 0.3) is 10.2 Å². The lowest BCUT2D eigenvalue weighted by Gasteiger charge is -2.02. The standard InChI is InChI=1S/C13H15FN2OS/c14-6-7-16-8-15-12-11(13(16)17)9-4-2-1-3-5-10(9)18-12/h8H,1-7H2. The first-order chi connectivity index (χ1) is 8.81. The van der Waals surface area contributed by atoms with Crippen molar-refractivity contribution in [2.45, 2.75) is 38.6 Å². The van der Waals surface area contributed by atoms with Gasteiger partial charge in [0, 0.05) is 4.88 Å². The predicted molar refractivity (Wildman–Crippen MR) is 71.1 cm³/mol. The van der Waals surface area contributed by atoms with Crippen molar-refractivity contribution in [1.82, 2.24) is 9.55 Å². The average molecular weight is 266 g/mol. The van der Waals surface area contributed by atoms with E-state index in [9.17, 15) is 9.18 Å². The number of aryl methyl sites for hydroxylation is 3. The van der Waals surface area contributed by atoms with Crippen LogP contribution in [-0.2, 0) is 19.4 Å². The largest absolute Gasteiger partial charge is 0.296 e. The number of alkyl halides is 1. The lowest BCUT2D eigenvalue weighted by Crippen LogP contribution is -2.21. The van der Waals surface area contributed by atoms with Gasteiger partial charge in [0.25, 0.3) is 5.56 Å². The fourth-order valence-electron chi connectivity index (χ4n) is 2.61. The van der Waals surface area contributed by atoms with E-state index in [-0.39, 0.29) is 12.1 Å². The number of hydrogen-bond acceptors (Lipinski definition) is 3. The molecule has 0 amide bonds. The monoisotopic (exact) mass is 266 g/mol. The summed E-state index contributed by atoms with van der Waals surface area (Å²) in [6, 6.07) is 0. The second-order valence-corrected chi connectivity index (χ2v) is 5.76. The molecule has 0 radical (unpaired) electrons. The van der Waals surface area contributed by atoms with Gasteiger partial charge in [0.15, 0.2) is 0 Å². The Kier molecular flexibility index (Phi) is 3.16. The summed E-state index contributed by atoms with van der Waals surface area (Å²) < 4.78 is 13.8. The van der Waals surface area contributed by atoms with Gasteiger partial charge in [0.2, 0.25) is 0 Å². The lowest BCUT2D eigenvalue weighted by molar-refractivity contribution is 0.439. The van der Waals surface area contributed by atoms with E-state index in [1.54, 1.807) is 11.3 Å². The molecule has 0 spiro atoms. The van der Waals surface area contributed by atoms with Crippen molar-refractivity contribution in [3.05, 3.63) is 27.1 Å². The highest BCUT2D eigenvalue weighted by Gasteiger charge is 2.18. The second-order valence-electron chi connectivity index (χ2n) is 4.68. The summed E-state index contributed by atoms with van der Waals surface area (Å²) in [6.07, 6.45) is 7.04. The third kappa shape index (κ3) is 1.86. The summed E-state index contributed by atoms with van der Waals surface area (Å²) >= 11 is 1.64. The minimum absolute atomic E-state index is 0.0722. The van der Waals surface area contributed by atoms with E-state index in [4.69, 9.17) is 0 Å². The van der Waals surface area contributed by atoms with Crippen molar-refractivity contribution in [1.29, 1.82) is 0 Å². The van der Waals surface area contributed by atoms with Crippen LogP contribution in [0.2, 0.25) is 0 Å². The van der Waals surface area contributed by atoms with Crippen molar-refractivity contribution in [3.8, 4) is 0 Å². The molecule has 1 aliphatic rings.